The van der Waals surface area contributed by atoms with Gasteiger partial charge in [0, 0.05) is 12.8 Å². The Morgan fingerprint density at radius 1 is 0.478 bits per heavy atom. The first-order chi connectivity index (χ1) is 22.6. The lowest BCUT2D eigenvalue weighted by molar-refractivity contribution is -0.152. The van der Waals surface area contributed by atoms with Crippen molar-refractivity contribution in [1.82, 2.24) is 0 Å². The highest BCUT2D eigenvalue weighted by Gasteiger charge is 2.11. The van der Waals surface area contributed by atoms with Crippen LogP contribution in [0.3, 0.4) is 0 Å². The number of carbonyl (C=O) groups excluding carboxylic acids is 2. The summed E-state index contributed by atoms with van der Waals surface area (Å²) in [4.78, 5) is 23.8. The number of rotatable bonds is 31. The molecular weight excluding hydrogens is 572 g/mol. The molecule has 1 atom stereocenters. The van der Waals surface area contributed by atoms with Gasteiger partial charge in [-0.3, -0.25) is 9.59 Å². The fourth-order valence-electron chi connectivity index (χ4n) is 4.38. The molecule has 0 saturated heterocycles. The second kappa shape index (κ2) is 36.5. The zero-order valence-corrected chi connectivity index (χ0v) is 29.3. The molecule has 0 rings (SSSR count). The molecule has 0 heterocycles. The van der Waals surface area contributed by atoms with E-state index < -0.39 is 6.10 Å². The van der Waals surface area contributed by atoms with Crippen LogP contribution in [-0.2, 0) is 19.1 Å². The van der Waals surface area contributed by atoms with E-state index in [1.165, 1.54) is 44.9 Å². The minimum Gasteiger partial charge on any atom is -0.463 e. The molecule has 0 radical (unpaired) electrons. The lowest BCUT2D eigenvalue weighted by Gasteiger charge is -2.12. The van der Waals surface area contributed by atoms with Crippen molar-refractivity contribution in [3.8, 4) is 0 Å². The first-order valence-corrected chi connectivity index (χ1v) is 18.1. The van der Waals surface area contributed by atoms with E-state index in [0.29, 0.717) is 19.3 Å². The van der Waals surface area contributed by atoms with Crippen LogP contribution in [0.1, 0.15) is 142 Å². The van der Waals surface area contributed by atoms with Gasteiger partial charge in [0.15, 0.2) is 0 Å². The Kier molecular flexibility index (Phi) is 34.2. The first kappa shape index (κ1) is 43.1. The van der Waals surface area contributed by atoms with E-state index >= 15 is 0 Å². The fraction of sp³-hybridized carbons (Fsp3) is 0.610. The van der Waals surface area contributed by atoms with Gasteiger partial charge in [-0.1, -0.05) is 131 Å². The smallest absolute Gasteiger partial charge is 0.305 e. The average molecular weight is 639 g/mol. The van der Waals surface area contributed by atoms with Crippen molar-refractivity contribution in [3.63, 3.8) is 0 Å². The quantitative estimate of drug-likeness (QED) is 0.0465. The van der Waals surface area contributed by atoms with Crippen molar-refractivity contribution in [1.29, 1.82) is 0 Å². The van der Waals surface area contributed by atoms with Gasteiger partial charge in [-0.05, 0) is 83.5 Å². The van der Waals surface area contributed by atoms with Gasteiger partial charge in [-0.2, -0.15) is 0 Å². The van der Waals surface area contributed by atoms with Crippen molar-refractivity contribution in [2.24, 2.45) is 0 Å². The van der Waals surface area contributed by atoms with E-state index in [1.54, 1.807) is 0 Å². The summed E-state index contributed by atoms with van der Waals surface area (Å²) < 4.78 is 10.2. The molecule has 0 amide bonds. The molecule has 0 fully saturated rings. The molecule has 0 aliphatic rings. The molecule has 0 aliphatic carbocycles. The summed E-state index contributed by atoms with van der Waals surface area (Å²) in [5.41, 5.74) is 0. The van der Waals surface area contributed by atoms with Gasteiger partial charge in [0.1, 0.15) is 19.3 Å². The molecule has 0 unspecified atom stereocenters. The van der Waals surface area contributed by atoms with Gasteiger partial charge < -0.3 is 14.6 Å². The SMILES string of the molecule is CC/C=C\C/C=C\C/C=C\C/C=C\CCCCC(=O)OC[C@H](O)COC(=O)CCC/C=C\C/C=C\C/C=C\CCCCCCCC. The second-order valence-corrected chi connectivity index (χ2v) is 11.6. The minimum atomic E-state index is -1.01. The first-order valence-electron chi connectivity index (χ1n) is 18.1. The molecule has 0 aromatic rings. The maximum Gasteiger partial charge on any atom is 0.305 e. The highest BCUT2D eigenvalue weighted by Crippen LogP contribution is 2.08. The van der Waals surface area contributed by atoms with Crippen LogP contribution in [0.15, 0.2) is 85.1 Å². The number of carbonyl (C=O) groups is 2. The molecular formula is C41H66O5. The third-order valence-corrected chi connectivity index (χ3v) is 7.11. The third kappa shape index (κ3) is 35.6. The average Bonchev–Trinajstić information content (AvgIpc) is 3.06. The molecule has 0 bridgehead atoms. The molecule has 46 heavy (non-hydrogen) atoms. The third-order valence-electron chi connectivity index (χ3n) is 7.11. The van der Waals surface area contributed by atoms with Crippen molar-refractivity contribution in [2.75, 3.05) is 13.2 Å². The molecule has 260 valence electrons. The summed E-state index contributed by atoms with van der Waals surface area (Å²) in [5.74, 6) is -0.681. The number of esters is 2. The highest BCUT2D eigenvalue weighted by molar-refractivity contribution is 5.69. The van der Waals surface area contributed by atoms with Crippen LogP contribution in [0.25, 0.3) is 0 Å². The number of unbranched alkanes of at least 4 members (excludes halogenated alkanes) is 9. The Morgan fingerprint density at radius 3 is 1.33 bits per heavy atom. The van der Waals surface area contributed by atoms with Gasteiger partial charge in [0.05, 0.1) is 0 Å². The van der Waals surface area contributed by atoms with Crippen LogP contribution in [0.2, 0.25) is 0 Å². The normalized spacial score (nSPS) is 13.2. The van der Waals surface area contributed by atoms with Crippen molar-refractivity contribution >= 4 is 11.9 Å². The summed E-state index contributed by atoms with van der Waals surface area (Å²) in [7, 11) is 0. The maximum absolute atomic E-state index is 11.9. The van der Waals surface area contributed by atoms with Crippen molar-refractivity contribution in [3.05, 3.63) is 85.1 Å². The summed E-state index contributed by atoms with van der Waals surface area (Å²) in [6, 6.07) is 0. The van der Waals surface area contributed by atoms with E-state index in [1.807, 2.05) is 0 Å². The fourth-order valence-corrected chi connectivity index (χ4v) is 4.38. The molecule has 0 aliphatic heterocycles. The van der Waals surface area contributed by atoms with Gasteiger partial charge in [0.25, 0.3) is 0 Å². The largest absolute Gasteiger partial charge is 0.463 e. The Bertz CT molecular complexity index is 906. The van der Waals surface area contributed by atoms with Crippen LogP contribution >= 0.6 is 0 Å². The summed E-state index contributed by atoms with van der Waals surface area (Å²) in [5, 5.41) is 9.97. The number of hydrogen-bond donors (Lipinski definition) is 1. The number of aliphatic hydroxyl groups excluding tert-OH is 1. The van der Waals surface area contributed by atoms with Crippen LogP contribution in [0.5, 0.6) is 0 Å². The van der Waals surface area contributed by atoms with E-state index in [0.717, 1.165) is 64.2 Å². The predicted molar refractivity (Wildman–Crippen MR) is 196 cm³/mol. The van der Waals surface area contributed by atoms with Gasteiger partial charge in [0.2, 0.25) is 0 Å². The minimum absolute atomic E-state index is 0.159. The summed E-state index contributed by atoms with van der Waals surface area (Å²) in [6.07, 6.45) is 49.2. The van der Waals surface area contributed by atoms with Crippen LogP contribution < -0.4 is 0 Å². The zero-order chi connectivity index (χ0) is 33.6. The number of ether oxygens (including phenoxy) is 2. The van der Waals surface area contributed by atoms with E-state index in [4.69, 9.17) is 9.47 Å². The molecule has 0 saturated carbocycles. The zero-order valence-electron chi connectivity index (χ0n) is 29.3. The van der Waals surface area contributed by atoms with Crippen LogP contribution in [-0.4, -0.2) is 36.4 Å². The molecule has 0 aromatic carbocycles. The molecule has 5 nitrogen and oxygen atoms in total. The predicted octanol–water partition coefficient (Wildman–Crippen LogP) is 11.2. The lowest BCUT2D eigenvalue weighted by Crippen LogP contribution is -2.25. The van der Waals surface area contributed by atoms with E-state index in [2.05, 4.69) is 98.9 Å². The highest BCUT2D eigenvalue weighted by atomic mass is 16.6. The van der Waals surface area contributed by atoms with Gasteiger partial charge in [-0.15, -0.1) is 0 Å². The Labute approximate surface area is 282 Å². The molecule has 0 spiro atoms. The maximum atomic E-state index is 11.9. The number of aliphatic hydroxyl groups is 1. The number of hydrogen-bond acceptors (Lipinski definition) is 5. The van der Waals surface area contributed by atoms with Gasteiger partial charge in [-0.25, -0.2) is 0 Å². The molecule has 0 aromatic heterocycles. The monoisotopic (exact) mass is 638 g/mol. The summed E-state index contributed by atoms with van der Waals surface area (Å²) in [6.45, 7) is 4.07. The summed E-state index contributed by atoms with van der Waals surface area (Å²) >= 11 is 0. The molecule has 5 heteroatoms. The van der Waals surface area contributed by atoms with E-state index in [-0.39, 0.29) is 25.2 Å². The molecule has 1 N–H and O–H groups in total. The van der Waals surface area contributed by atoms with Gasteiger partial charge >= 0.3 is 11.9 Å². The standard InChI is InChI=1S/C41H66O5/c1-3-5-7-9-11-13-15-17-19-20-22-24-26-28-30-32-34-36-41(44)46-38-39(42)37-45-40(43)35-33-31-29-27-25-23-21-18-16-14-12-10-8-6-4-2/h6,8,12,14,17-19,21-22,24-25,27-28,30,39,42H,3-5,7,9-11,13,15-16,20,23,26,29,31-38H2,1-2H3/b8-6-,14-12-,19-17-,21-18-,24-22-,27-25-,30-28-/t39-/m0/s1. The lowest BCUT2D eigenvalue weighted by atomic mass is 10.1. The van der Waals surface area contributed by atoms with Crippen molar-refractivity contribution < 1.29 is 24.2 Å². The van der Waals surface area contributed by atoms with Crippen LogP contribution in [0.4, 0.5) is 0 Å². The van der Waals surface area contributed by atoms with Crippen molar-refractivity contribution in [2.45, 2.75) is 148 Å². The number of allylic oxidation sites excluding steroid dienone is 14. The second-order valence-electron chi connectivity index (χ2n) is 11.6. The Morgan fingerprint density at radius 2 is 0.848 bits per heavy atom. The Hall–Kier alpha value is -2.92. The van der Waals surface area contributed by atoms with Crippen LogP contribution in [0, 0.1) is 0 Å². The van der Waals surface area contributed by atoms with E-state index in [9.17, 15) is 14.7 Å². The Balaban J connectivity index is 3.63. The topological polar surface area (TPSA) is 72.8 Å².